The normalized spacial score (nSPS) is 32.2. The van der Waals surface area contributed by atoms with E-state index in [4.69, 9.17) is 4.98 Å². The molecule has 3 atom stereocenters. The van der Waals surface area contributed by atoms with Crippen LogP contribution in [0.1, 0.15) is 68.9 Å². The maximum Gasteiger partial charge on any atom is 0.270 e. The molecule has 2 N–H and O–H groups in total. The molecule has 2 aromatic rings. The van der Waals surface area contributed by atoms with E-state index in [1.807, 2.05) is 32.0 Å². The average molecular weight is 514 g/mol. The predicted molar refractivity (Wildman–Crippen MR) is 148 cm³/mol. The quantitative estimate of drug-likeness (QED) is 0.621. The van der Waals surface area contributed by atoms with Crippen LogP contribution < -0.4 is 15.1 Å². The van der Waals surface area contributed by atoms with Crippen LogP contribution in [0, 0.1) is 29.1 Å². The first-order chi connectivity index (χ1) is 18.1. The molecule has 7 nitrogen and oxygen atoms in total. The molecule has 1 aliphatic heterocycles. The number of amides is 1. The molecule has 4 aliphatic carbocycles. The lowest BCUT2D eigenvalue weighted by molar-refractivity contribution is -0.136. The number of aliphatic hydroxyl groups is 1. The van der Waals surface area contributed by atoms with Crippen LogP contribution in [0.3, 0.4) is 0 Å². The third kappa shape index (κ3) is 4.53. The van der Waals surface area contributed by atoms with Crippen LogP contribution in [-0.4, -0.2) is 53.3 Å². The Hall–Kier alpha value is -3.11. The monoisotopic (exact) mass is 513 g/mol. The summed E-state index contributed by atoms with van der Waals surface area (Å²) in [7, 11) is 0. The summed E-state index contributed by atoms with van der Waals surface area (Å²) >= 11 is 0. The molecule has 4 bridgehead atoms. The largest absolute Gasteiger partial charge is 0.390 e. The number of nitrogens with zero attached hydrogens (tertiary/aromatic N) is 4. The molecular formula is C31H39N5O2. The third-order valence-corrected chi connectivity index (χ3v) is 9.66. The van der Waals surface area contributed by atoms with Gasteiger partial charge in [0.2, 0.25) is 0 Å². The number of aromatic nitrogens is 1. The second-order valence-electron chi connectivity index (χ2n) is 12.8. The third-order valence-electron chi connectivity index (χ3n) is 9.66. The molecule has 3 unspecified atom stereocenters. The predicted octanol–water partition coefficient (Wildman–Crippen LogP) is 4.27. The van der Waals surface area contributed by atoms with E-state index in [9.17, 15) is 15.2 Å². The van der Waals surface area contributed by atoms with Gasteiger partial charge in [-0.25, -0.2) is 4.98 Å². The van der Waals surface area contributed by atoms with Gasteiger partial charge in [-0.1, -0.05) is 18.2 Å². The molecule has 7 rings (SSSR count). The van der Waals surface area contributed by atoms with Crippen LogP contribution in [0.15, 0.2) is 42.5 Å². The van der Waals surface area contributed by atoms with Crippen molar-refractivity contribution < 1.29 is 9.90 Å². The van der Waals surface area contributed by atoms with Gasteiger partial charge in [-0.05, 0) is 100 Å². The van der Waals surface area contributed by atoms with Gasteiger partial charge in [0.1, 0.15) is 11.5 Å². The Bertz CT molecular complexity index is 1240. The van der Waals surface area contributed by atoms with E-state index >= 15 is 0 Å². The molecule has 0 spiro atoms. The van der Waals surface area contributed by atoms with Crippen LogP contribution >= 0.6 is 0 Å². The highest BCUT2D eigenvalue weighted by atomic mass is 16.3. The molecule has 1 amide bonds. The molecule has 1 saturated heterocycles. The summed E-state index contributed by atoms with van der Waals surface area (Å²) in [6.07, 6.45) is 4.83. The van der Waals surface area contributed by atoms with E-state index in [0.29, 0.717) is 23.4 Å². The fourth-order valence-corrected chi connectivity index (χ4v) is 7.84. The summed E-state index contributed by atoms with van der Waals surface area (Å²) in [6.45, 7) is 8.62. The van der Waals surface area contributed by atoms with Gasteiger partial charge in [0.05, 0.1) is 17.1 Å². The molecule has 38 heavy (non-hydrogen) atoms. The van der Waals surface area contributed by atoms with Crippen molar-refractivity contribution in [2.75, 3.05) is 29.4 Å². The molecule has 200 valence electrons. The van der Waals surface area contributed by atoms with Crippen LogP contribution in [0.2, 0.25) is 0 Å². The Morgan fingerprint density at radius 1 is 1.11 bits per heavy atom. The molecule has 0 radical (unpaired) electrons. The minimum Gasteiger partial charge on any atom is -0.390 e. The molecule has 2 heterocycles. The van der Waals surface area contributed by atoms with Gasteiger partial charge in [0.25, 0.3) is 5.91 Å². The van der Waals surface area contributed by atoms with E-state index < -0.39 is 11.0 Å². The molecule has 4 saturated carbocycles. The summed E-state index contributed by atoms with van der Waals surface area (Å²) in [5, 5.41) is 23.6. The Balaban J connectivity index is 1.11. The zero-order valence-corrected chi connectivity index (χ0v) is 22.7. The molecule has 1 aromatic heterocycles. The zero-order chi connectivity index (χ0) is 26.7. The second kappa shape index (κ2) is 9.27. The van der Waals surface area contributed by atoms with Crippen molar-refractivity contribution in [1.82, 2.24) is 10.3 Å². The van der Waals surface area contributed by atoms with E-state index in [2.05, 4.69) is 52.4 Å². The first-order valence-electron chi connectivity index (χ1n) is 14.2. The number of hydrogen-bond acceptors (Lipinski definition) is 6. The van der Waals surface area contributed by atoms with Crippen LogP contribution in [-0.2, 0) is 5.41 Å². The van der Waals surface area contributed by atoms with Crippen molar-refractivity contribution in [3.05, 3.63) is 53.7 Å². The zero-order valence-electron chi connectivity index (χ0n) is 22.7. The Kier molecular flexibility index (Phi) is 6.14. The number of piperazine rings is 1. The van der Waals surface area contributed by atoms with Crippen molar-refractivity contribution in [3.63, 3.8) is 0 Å². The Labute approximate surface area is 225 Å². The topological polar surface area (TPSA) is 92.5 Å². The maximum absolute atomic E-state index is 13.3. The van der Waals surface area contributed by atoms with E-state index in [-0.39, 0.29) is 18.0 Å². The Morgan fingerprint density at radius 3 is 2.45 bits per heavy atom. The van der Waals surface area contributed by atoms with Crippen LogP contribution in [0.5, 0.6) is 0 Å². The summed E-state index contributed by atoms with van der Waals surface area (Å²) in [4.78, 5) is 22.8. The van der Waals surface area contributed by atoms with E-state index in [1.54, 1.807) is 0 Å². The number of nitriles is 1. The summed E-state index contributed by atoms with van der Waals surface area (Å²) in [6, 6.07) is 16.8. The highest BCUT2D eigenvalue weighted by molar-refractivity contribution is 5.93. The summed E-state index contributed by atoms with van der Waals surface area (Å²) in [5.74, 6) is 2.13. The minimum absolute atomic E-state index is 0.0945. The van der Waals surface area contributed by atoms with Crippen LogP contribution in [0.25, 0.3) is 0 Å². The van der Waals surface area contributed by atoms with E-state index in [1.165, 1.54) is 0 Å². The van der Waals surface area contributed by atoms with Gasteiger partial charge in [0.15, 0.2) is 0 Å². The lowest BCUT2D eigenvalue weighted by atomic mass is 9.52. The number of carbonyl (C=O) groups is 1. The molecule has 5 fully saturated rings. The number of benzene rings is 1. The number of anilines is 2. The van der Waals surface area contributed by atoms with Crippen molar-refractivity contribution >= 4 is 17.4 Å². The van der Waals surface area contributed by atoms with E-state index in [0.717, 1.165) is 68.8 Å². The highest BCUT2D eigenvalue weighted by Crippen LogP contribution is 2.55. The maximum atomic E-state index is 13.3. The second-order valence-corrected chi connectivity index (χ2v) is 12.8. The fraction of sp³-hybridized carbons (Fsp3) is 0.581. The highest BCUT2D eigenvalue weighted by Gasteiger charge is 2.55. The lowest BCUT2D eigenvalue weighted by Gasteiger charge is -2.58. The SMILES string of the molecule is CC1CN(c2ccc(C(C)(C)C#N)cc2)CCN1c1cccc(C(=O)NC2C3CC4CC2CC(O)(C4)C3)n1. The molecule has 5 aliphatic rings. The smallest absolute Gasteiger partial charge is 0.270 e. The van der Waals surface area contributed by atoms with Gasteiger partial charge >= 0.3 is 0 Å². The number of hydrogen-bond donors (Lipinski definition) is 2. The van der Waals surface area contributed by atoms with Gasteiger partial charge in [-0.2, -0.15) is 5.26 Å². The van der Waals surface area contributed by atoms with Crippen LogP contribution in [0.4, 0.5) is 11.5 Å². The van der Waals surface area contributed by atoms with Crippen molar-refractivity contribution in [3.8, 4) is 6.07 Å². The minimum atomic E-state index is -0.497. The van der Waals surface area contributed by atoms with Gasteiger partial charge < -0.3 is 20.2 Å². The van der Waals surface area contributed by atoms with Gasteiger partial charge in [-0.15, -0.1) is 0 Å². The lowest BCUT2D eigenvalue weighted by Crippen LogP contribution is -2.61. The number of pyridine rings is 1. The Morgan fingerprint density at radius 2 is 1.82 bits per heavy atom. The van der Waals surface area contributed by atoms with Gasteiger partial charge in [0, 0.05) is 37.4 Å². The molecule has 7 heteroatoms. The molecule has 1 aromatic carbocycles. The van der Waals surface area contributed by atoms with Crippen molar-refractivity contribution in [2.45, 2.75) is 76.0 Å². The number of carbonyl (C=O) groups excluding carboxylic acids is 1. The summed E-state index contributed by atoms with van der Waals surface area (Å²) in [5.41, 5.74) is 1.67. The standard InChI is InChI=1S/C31H39N5O2/c1-20-18-35(25-9-7-24(8-10-25)30(2,3)19-32)11-12-36(20)27-6-4-5-26(33-27)29(37)34-28-22-13-21-14-23(28)17-31(38,15-21)16-22/h4-10,20-23,28,38H,11-18H2,1-3H3,(H,34,37). The summed E-state index contributed by atoms with van der Waals surface area (Å²) < 4.78 is 0. The first-order valence-corrected chi connectivity index (χ1v) is 14.2. The fourth-order valence-electron chi connectivity index (χ4n) is 7.84. The van der Waals surface area contributed by atoms with Gasteiger partial charge in [-0.3, -0.25) is 4.79 Å². The number of rotatable bonds is 5. The van der Waals surface area contributed by atoms with Crippen molar-refractivity contribution in [1.29, 1.82) is 5.26 Å². The average Bonchev–Trinajstić information content (AvgIpc) is 2.90. The number of nitrogens with one attached hydrogen (secondary N) is 1. The van der Waals surface area contributed by atoms with Crippen molar-refractivity contribution in [2.24, 2.45) is 17.8 Å². The first kappa shape index (κ1) is 25.2. The molecular weight excluding hydrogens is 474 g/mol.